The van der Waals surface area contributed by atoms with Crippen LogP contribution in [0.3, 0.4) is 0 Å². The lowest BCUT2D eigenvalue weighted by Gasteiger charge is -2.26. The first-order valence-electron chi connectivity index (χ1n) is 7.88. The Morgan fingerprint density at radius 1 is 1.26 bits per heavy atom. The van der Waals surface area contributed by atoms with Crippen molar-refractivity contribution in [1.29, 1.82) is 0 Å². The fourth-order valence-corrected chi connectivity index (χ4v) is 2.64. The van der Waals surface area contributed by atoms with Gasteiger partial charge in [0.05, 0.1) is 6.10 Å². The van der Waals surface area contributed by atoms with Gasteiger partial charge in [-0.25, -0.2) is 4.79 Å². The van der Waals surface area contributed by atoms with Crippen molar-refractivity contribution in [1.82, 2.24) is 10.6 Å². The average Bonchev–Trinajstić information content (AvgIpc) is 2.42. The Hall–Kier alpha value is -0.770. The zero-order chi connectivity index (χ0) is 14.1. The van der Waals surface area contributed by atoms with Gasteiger partial charge in [-0.3, -0.25) is 0 Å². The molecule has 112 valence electrons. The molecule has 0 aromatic carbocycles. The number of hydrogen-bond donors (Lipinski definition) is 3. The molecule has 1 saturated carbocycles. The molecule has 0 spiro atoms. The molecular formula is C15H30N2O2. The largest absolute Gasteiger partial charge is 0.393 e. The molecule has 1 aliphatic rings. The van der Waals surface area contributed by atoms with E-state index in [0.29, 0.717) is 5.92 Å². The summed E-state index contributed by atoms with van der Waals surface area (Å²) in [6, 6.07) is 0.190. The topological polar surface area (TPSA) is 61.4 Å². The number of urea groups is 1. The zero-order valence-electron chi connectivity index (χ0n) is 12.5. The lowest BCUT2D eigenvalue weighted by molar-refractivity contribution is 0.117. The summed E-state index contributed by atoms with van der Waals surface area (Å²) in [7, 11) is 0. The summed E-state index contributed by atoms with van der Waals surface area (Å²) >= 11 is 0. The van der Waals surface area contributed by atoms with E-state index in [1.807, 2.05) is 0 Å². The average molecular weight is 270 g/mol. The van der Waals surface area contributed by atoms with Crippen molar-refractivity contribution in [2.45, 2.75) is 77.4 Å². The van der Waals surface area contributed by atoms with E-state index in [0.717, 1.165) is 38.6 Å². The number of carbonyl (C=O) groups excluding carboxylic acids is 1. The minimum Gasteiger partial charge on any atom is -0.393 e. The monoisotopic (exact) mass is 270 g/mol. The van der Waals surface area contributed by atoms with Crippen LogP contribution in [0.1, 0.15) is 65.2 Å². The predicted octanol–water partition coefficient (Wildman–Crippen LogP) is 2.81. The van der Waals surface area contributed by atoms with Crippen molar-refractivity contribution in [3.8, 4) is 0 Å². The van der Waals surface area contributed by atoms with Crippen LogP contribution in [-0.2, 0) is 0 Å². The highest BCUT2D eigenvalue weighted by molar-refractivity contribution is 5.74. The SMILES string of the molecule is CCCCC(CC)CNC(=O)NC1CCC(O)CC1. The Morgan fingerprint density at radius 3 is 2.53 bits per heavy atom. The molecule has 1 unspecified atom stereocenters. The number of nitrogens with one attached hydrogen (secondary N) is 2. The van der Waals surface area contributed by atoms with E-state index in [2.05, 4.69) is 24.5 Å². The number of aliphatic hydroxyl groups is 1. The molecule has 0 aliphatic heterocycles. The highest BCUT2D eigenvalue weighted by Crippen LogP contribution is 2.18. The molecule has 1 atom stereocenters. The van der Waals surface area contributed by atoms with Gasteiger partial charge in [0.15, 0.2) is 0 Å². The van der Waals surface area contributed by atoms with Crippen LogP contribution in [0.15, 0.2) is 0 Å². The lowest BCUT2D eigenvalue weighted by Crippen LogP contribution is -2.45. The van der Waals surface area contributed by atoms with Gasteiger partial charge < -0.3 is 15.7 Å². The van der Waals surface area contributed by atoms with E-state index in [-0.39, 0.29) is 18.2 Å². The van der Waals surface area contributed by atoms with Gasteiger partial charge in [-0.15, -0.1) is 0 Å². The Labute approximate surface area is 117 Å². The second kappa shape index (κ2) is 9.18. The van der Waals surface area contributed by atoms with Gasteiger partial charge in [0.1, 0.15) is 0 Å². The molecule has 1 rings (SSSR count). The van der Waals surface area contributed by atoms with Crippen molar-refractivity contribution in [3.05, 3.63) is 0 Å². The van der Waals surface area contributed by atoms with E-state index in [4.69, 9.17) is 0 Å². The summed E-state index contributed by atoms with van der Waals surface area (Å²) < 4.78 is 0. The summed E-state index contributed by atoms with van der Waals surface area (Å²) in [5.74, 6) is 0.596. The van der Waals surface area contributed by atoms with Crippen molar-refractivity contribution in [2.24, 2.45) is 5.92 Å². The fraction of sp³-hybridized carbons (Fsp3) is 0.933. The Bertz CT molecular complexity index is 251. The summed E-state index contributed by atoms with van der Waals surface area (Å²) in [6.45, 7) is 5.16. The second-order valence-corrected chi connectivity index (χ2v) is 5.78. The molecule has 0 saturated heterocycles. The minimum atomic E-state index is -0.167. The van der Waals surface area contributed by atoms with Crippen LogP contribution >= 0.6 is 0 Å². The van der Waals surface area contributed by atoms with Gasteiger partial charge in [0.2, 0.25) is 0 Å². The fourth-order valence-electron chi connectivity index (χ4n) is 2.64. The third-order valence-electron chi connectivity index (χ3n) is 4.13. The van der Waals surface area contributed by atoms with Crippen molar-refractivity contribution >= 4 is 6.03 Å². The molecule has 4 nitrogen and oxygen atoms in total. The van der Waals surface area contributed by atoms with Gasteiger partial charge in [0.25, 0.3) is 0 Å². The lowest BCUT2D eigenvalue weighted by atomic mass is 9.93. The molecule has 1 aliphatic carbocycles. The highest BCUT2D eigenvalue weighted by atomic mass is 16.3. The zero-order valence-corrected chi connectivity index (χ0v) is 12.5. The van der Waals surface area contributed by atoms with E-state index in [1.165, 1.54) is 19.3 Å². The first-order chi connectivity index (χ1) is 9.15. The van der Waals surface area contributed by atoms with Crippen LogP contribution < -0.4 is 10.6 Å². The van der Waals surface area contributed by atoms with Crippen LogP contribution in [0.5, 0.6) is 0 Å². The van der Waals surface area contributed by atoms with E-state index in [1.54, 1.807) is 0 Å². The number of unbranched alkanes of at least 4 members (excludes halogenated alkanes) is 1. The standard InChI is InChI=1S/C15H30N2O2/c1-3-5-6-12(4-2)11-16-15(19)17-13-7-9-14(18)10-8-13/h12-14,18H,3-11H2,1-2H3,(H2,16,17,19). The van der Waals surface area contributed by atoms with E-state index < -0.39 is 0 Å². The summed E-state index contributed by atoms with van der Waals surface area (Å²) in [6.07, 6.45) is 8.00. The van der Waals surface area contributed by atoms with Crippen LogP contribution in [-0.4, -0.2) is 29.8 Å². The number of aliphatic hydroxyl groups excluding tert-OH is 1. The third kappa shape index (κ3) is 6.81. The molecular weight excluding hydrogens is 240 g/mol. The molecule has 0 bridgehead atoms. The summed E-state index contributed by atoms with van der Waals surface area (Å²) in [5, 5.41) is 15.4. The smallest absolute Gasteiger partial charge is 0.315 e. The van der Waals surface area contributed by atoms with Gasteiger partial charge in [0, 0.05) is 12.6 Å². The van der Waals surface area contributed by atoms with Crippen molar-refractivity contribution in [2.75, 3.05) is 6.54 Å². The molecule has 3 N–H and O–H groups in total. The number of amides is 2. The summed E-state index contributed by atoms with van der Waals surface area (Å²) in [5.41, 5.74) is 0. The maximum atomic E-state index is 11.8. The number of rotatable bonds is 7. The van der Waals surface area contributed by atoms with Crippen LogP contribution in [0.25, 0.3) is 0 Å². The second-order valence-electron chi connectivity index (χ2n) is 5.78. The first-order valence-corrected chi connectivity index (χ1v) is 7.88. The minimum absolute atomic E-state index is 0.0451. The van der Waals surface area contributed by atoms with Crippen LogP contribution in [0.2, 0.25) is 0 Å². The number of carbonyl (C=O) groups is 1. The Kier molecular flexibility index (Phi) is 7.87. The molecule has 0 aromatic heterocycles. The molecule has 2 amide bonds. The molecule has 4 heteroatoms. The van der Waals surface area contributed by atoms with Crippen molar-refractivity contribution in [3.63, 3.8) is 0 Å². The maximum Gasteiger partial charge on any atom is 0.315 e. The van der Waals surface area contributed by atoms with Gasteiger partial charge in [-0.2, -0.15) is 0 Å². The summed E-state index contributed by atoms with van der Waals surface area (Å²) in [4.78, 5) is 11.8. The Morgan fingerprint density at radius 2 is 1.95 bits per heavy atom. The molecule has 0 radical (unpaired) electrons. The van der Waals surface area contributed by atoms with Gasteiger partial charge >= 0.3 is 6.03 Å². The predicted molar refractivity (Wildman–Crippen MR) is 78.1 cm³/mol. The quantitative estimate of drug-likeness (QED) is 0.666. The Balaban J connectivity index is 2.16. The first kappa shape index (κ1) is 16.3. The van der Waals surface area contributed by atoms with Gasteiger partial charge in [-0.05, 0) is 38.0 Å². The van der Waals surface area contributed by atoms with Gasteiger partial charge in [-0.1, -0.05) is 33.1 Å². The van der Waals surface area contributed by atoms with E-state index >= 15 is 0 Å². The normalized spacial score (nSPS) is 24.8. The van der Waals surface area contributed by atoms with Crippen LogP contribution in [0.4, 0.5) is 4.79 Å². The maximum absolute atomic E-state index is 11.8. The third-order valence-corrected chi connectivity index (χ3v) is 4.13. The molecule has 0 heterocycles. The van der Waals surface area contributed by atoms with E-state index in [9.17, 15) is 9.90 Å². The highest BCUT2D eigenvalue weighted by Gasteiger charge is 2.20. The molecule has 0 aromatic rings. The van der Waals surface area contributed by atoms with Crippen molar-refractivity contribution < 1.29 is 9.90 Å². The molecule has 19 heavy (non-hydrogen) atoms. The van der Waals surface area contributed by atoms with Crippen LogP contribution in [0, 0.1) is 5.92 Å². The molecule has 1 fully saturated rings. The number of hydrogen-bond acceptors (Lipinski definition) is 2.